The number of hydrogen-bond acceptors (Lipinski definition) is 8. The van der Waals surface area contributed by atoms with Gasteiger partial charge in [-0.25, -0.2) is 9.59 Å². The highest BCUT2D eigenvalue weighted by molar-refractivity contribution is 7.97. The fraction of sp³-hybridized carbons (Fsp3) is 0.316. The van der Waals surface area contributed by atoms with E-state index in [0.717, 1.165) is 41.7 Å². The summed E-state index contributed by atoms with van der Waals surface area (Å²) in [4.78, 5) is 38.5. The second kappa shape index (κ2) is 9.22. The van der Waals surface area contributed by atoms with Crippen LogP contribution >= 0.6 is 23.3 Å². The average molecular weight is 421 g/mol. The second-order valence-corrected chi connectivity index (χ2v) is 7.86. The van der Waals surface area contributed by atoms with Crippen molar-refractivity contribution >= 4 is 46.1 Å². The monoisotopic (exact) mass is 420 g/mol. The normalized spacial score (nSPS) is 12.4. The first kappa shape index (κ1) is 20.4. The van der Waals surface area contributed by atoms with Crippen molar-refractivity contribution in [2.45, 2.75) is 31.1 Å². The van der Waals surface area contributed by atoms with E-state index in [1.165, 1.54) is 11.3 Å². The number of rotatable bonds is 7. The Bertz CT molecular complexity index is 910. The number of anilines is 1. The quantitative estimate of drug-likeness (QED) is 0.523. The predicted octanol–water partition coefficient (Wildman–Crippen LogP) is 3.17. The van der Waals surface area contributed by atoms with E-state index in [2.05, 4.69) is 5.32 Å². The molecule has 148 valence electrons. The molecule has 2 aromatic rings. The molecule has 0 unspecified atom stereocenters. The topological polar surface area (TPSA) is 108 Å². The first-order valence-electron chi connectivity index (χ1n) is 8.79. The highest BCUT2D eigenvalue weighted by atomic mass is 32.2. The van der Waals surface area contributed by atoms with Gasteiger partial charge >= 0.3 is 11.9 Å². The van der Waals surface area contributed by atoms with Gasteiger partial charge in [-0.1, -0.05) is 6.07 Å². The number of aryl methyl sites for hydroxylation is 1. The minimum Gasteiger partial charge on any atom is -0.462 e. The van der Waals surface area contributed by atoms with Gasteiger partial charge in [-0.15, -0.1) is 11.3 Å². The average Bonchev–Trinajstić information content (AvgIpc) is 3.27. The molecule has 7 nitrogen and oxygen atoms in total. The Hall–Kier alpha value is -2.36. The summed E-state index contributed by atoms with van der Waals surface area (Å²) >= 11 is 2.39. The maximum Gasteiger partial charge on any atom is 0.341 e. The van der Waals surface area contributed by atoms with Gasteiger partial charge in [0.25, 0.3) is 5.91 Å². The Labute approximate surface area is 170 Å². The fourth-order valence-electron chi connectivity index (χ4n) is 2.99. The molecule has 1 aliphatic carbocycles. The van der Waals surface area contributed by atoms with Gasteiger partial charge in [-0.3, -0.25) is 9.93 Å². The number of nitrogens with two attached hydrogens (primary N) is 1. The number of carbonyl (C=O) groups is 3. The molecule has 0 spiro atoms. The lowest BCUT2D eigenvalue weighted by atomic mass is 10.1. The Balaban J connectivity index is 1.65. The zero-order valence-electron chi connectivity index (χ0n) is 15.3. The minimum absolute atomic E-state index is 0.259. The number of ether oxygens (including phenoxy) is 2. The van der Waals surface area contributed by atoms with Crippen LogP contribution in [-0.4, -0.2) is 31.1 Å². The molecule has 0 saturated carbocycles. The Kier molecular flexibility index (Phi) is 6.71. The van der Waals surface area contributed by atoms with Crippen molar-refractivity contribution in [1.82, 2.24) is 0 Å². The highest BCUT2D eigenvalue weighted by Crippen LogP contribution is 2.39. The summed E-state index contributed by atoms with van der Waals surface area (Å²) < 4.78 is 10.2. The van der Waals surface area contributed by atoms with Crippen LogP contribution in [0.25, 0.3) is 0 Å². The van der Waals surface area contributed by atoms with E-state index in [4.69, 9.17) is 14.6 Å². The molecule has 0 bridgehead atoms. The van der Waals surface area contributed by atoms with E-state index in [-0.39, 0.29) is 6.61 Å². The lowest BCUT2D eigenvalue weighted by molar-refractivity contribution is -0.119. The third-order valence-electron chi connectivity index (χ3n) is 4.19. The number of fused-ring (bicyclic) bond motifs is 1. The zero-order chi connectivity index (χ0) is 20.1. The van der Waals surface area contributed by atoms with Crippen molar-refractivity contribution in [1.29, 1.82) is 0 Å². The van der Waals surface area contributed by atoms with Crippen molar-refractivity contribution in [3.8, 4) is 0 Å². The lowest BCUT2D eigenvalue weighted by Gasteiger charge is -2.09. The van der Waals surface area contributed by atoms with Crippen LogP contribution < -0.4 is 10.5 Å². The highest BCUT2D eigenvalue weighted by Gasteiger charge is 2.28. The molecule has 3 N–H and O–H groups in total. The van der Waals surface area contributed by atoms with Crippen molar-refractivity contribution in [3.63, 3.8) is 0 Å². The van der Waals surface area contributed by atoms with Gasteiger partial charge in [0.15, 0.2) is 6.61 Å². The third-order valence-corrected chi connectivity index (χ3v) is 5.93. The second-order valence-electron chi connectivity index (χ2n) is 6.05. The van der Waals surface area contributed by atoms with Crippen LogP contribution in [0.3, 0.4) is 0 Å². The van der Waals surface area contributed by atoms with E-state index >= 15 is 0 Å². The maximum atomic E-state index is 12.3. The third kappa shape index (κ3) is 4.54. The van der Waals surface area contributed by atoms with Crippen LogP contribution in [-0.2, 0) is 27.1 Å². The van der Waals surface area contributed by atoms with Crippen molar-refractivity contribution in [3.05, 3.63) is 45.8 Å². The molecular formula is C19H20N2O5S2. The molecule has 1 aromatic heterocycles. The van der Waals surface area contributed by atoms with Gasteiger partial charge < -0.3 is 14.8 Å². The molecule has 28 heavy (non-hydrogen) atoms. The van der Waals surface area contributed by atoms with Gasteiger partial charge in [0.05, 0.1) is 17.7 Å². The summed E-state index contributed by atoms with van der Waals surface area (Å²) in [7, 11) is 0. The molecule has 1 amide bonds. The minimum atomic E-state index is -0.620. The number of esters is 2. The maximum absolute atomic E-state index is 12.3. The number of nitrogens with one attached hydrogen (secondary N) is 1. The van der Waals surface area contributed by atoms with Crippen LogP contribution in [0.2, 0.25) is 0 Å². The van der Waals surface area contributed by atoms with Gasteiger partial charge in [0, 0.05) is 9.77 Å². The van der Waals surface area contributed by atoms with Crippen LogP contribution in [0.1, 0.15) is 44.5 Å². The van der Waals surface area contributed by atoms with Crippen LogP contribution in [0, 0.1) is 0 Å². The van der Waals surface area contributed by atoms with Gasteiger partial charge in [-0.05, 0) is 61.9 Å². The van der Waals surface area contributed by atoms with E-state index in [0.29, 0.717) is 21.0 Å². The van der Waals surface area contributed by atoms with Gasteiger partial charge in [-0.2, -0.15) is 0 Å². The first-order valence-corrected chi connectivity index (χ1v) is 10.5. The summed E-state index contributed by atoms with van der Waals surface area (Å²) in [5.74, 6) is -1.57. The molecule has 1 aliphatic rings. The molecule has 3 rings (SSSR count). The van der Waals surface area contributed by atoms with Crippen molar-refractivity contribution in [2.75, 3.05) is 18.5 Å². The molecule has 0 saturated heterocycles. The molecular weight excluding hydrogens is 400 g/mol. The molecule has 0 fully saturated rings. The van der Waals surface area contributed by atoms with E-state index in [9.17, 15) is 14.4 Å². The smallest absolute Gasteiger partial charge is 0.341 e. The number of carbonyl (C=O) groups excluding carboxylic acids is 3. The lowest BCUT2D eigenvalue weighted by Crippen LogP contribution is -2.22. The molecule has 0 radical (unpaired) electrons. The van der Waals surface area contributed by atoms with Crippen molar-refractivity contribution in [2.24, 2.45) is 5.14 Å². The Morgan fingerprint density at radius 2 is 2.04 bits per heavy atom. The predicted molar refractivity (Wildman–Crippen MR) is 108 cm³/mol. The first-order chi connectivity index (χ1) is 13.5. The molecule has 1 heterocycles. The molecule has 9 heteroatoms. The number of hydrogen-bond donors (Lipinski definition) is 2. The largest absolute Gasteiger partial charge is 0.462 e. The summed E-state index contributed by atoms with van der Waals surface area (Å²) in [5, 5.41) is 8.62. The Morgan fingerprint density at radius 3 is 2.79 bits per heavy atom. The number of amides is 1. The van der Waals surface area contributed by atoms with E-state index in [1.54, 1.807) is 31.2 Å². The molecule has 0 atom stereocenters. The van der Waals surface area contributed by atoms with E-state index in [1.807, 2.05) is 0 Å². The van der Waals surface area contributed by atoms with Gasteiger partial charge in [0.1, 0.15) is 5.00 Å². The van der Waals surface area contributed by atoms with E-state index < -0.39 is 24.5 Å². The summed E-state index contributed by atoms with van der Waals surface area (Å²) in [6, 6.07) is 6.63. The van der Waals surface area contributed by atoms with Crippen LogP contribution in [0.4, 0.5) is 5.00 Å². The number of benzene rings is 1. The summed E-state index contributed by atoms with van der Waals surface area (Å²) in [5.41, 5.74) is 1.68. The fourth-order valence-corrected chi connectivity index (χ4v) is 4.63. The summed E-state index contributed by atoms with van der Waals surface area (Å²) in [6.45, 7) is 1.54. The van der Waals surface area contributed by atoms with Crippen LogP contribution in [0.15, 0.2) is 29.2 Å². The number of thiophene rings is 1. The standard InChI is InChI=1S/C19H20N2O5S2/c1-2-25-19(24)16-13-7-4-8-14(13)27-17(16)21-15(22)10-26-18(23)11-5-3-6-12(9-11)28-20/h3,5-6,9H,2,4,7-8,10,20H2,1H3,(H,21,22). The molecule has 1 aromatic carbocycles. The zero-order valence-corrected chi connectivity index (χ0v) is 16.9. The van der Waals surface area contributed by atoms with Gasteiger partial charge in [0.2, 0.25) is 0 Å². The van der Waals surface area contributed by atoms with Crippen LogP contribution in [0.5, 0.6) is 0 Å². The Morgan fingerprint density at radius 1 is 1.21 bits per heavy atom. The SMILES string of the molecule is CCOC(=O)c1c(NC(=O)COC(=O)c2cccc(SN)c2)sc2c1CCC2. The van der Waals surface area contributed by atoms with Crippen molar-refractivity contribution < 1.29 is 23.9 Å². The molecule has 0 aliphatic heterocycles. The summed E-state index contributed by atoms with van der Waals surface area (Å²) in [6.07, 6.45) is 2.66.